The third kappa shape index (κ3) is 33.5. The Hall–Kier alpha value is -0.710. The van der Waals surface area contributed by atoms with Gasteiger partial charge in [0.1, 0.15) is 0 Å². The van der Waals surface area contributed by atoms with Gasteiger partial charge in [-0.2, -0.15) is 12.6 Å². The molecule has 0 unspecified atom stereocenters. The van der Waals surface area contributed by atoms with Crippen LogP contribution in [0.3, 0.4) is 0 Å². The lowest BCUT2D eigenvalue weighted by atomic mass is 10.1. The van der Waals surface area contributed by atoms with E-state index in [0.717, 1.165) is 18.6 Å². The van der Waals surface area contributed by atoms with Gasteiger partial charge >= 0.3 is 11.9 Å². The average molecular weight is 489 g/mol. The summed E-state index contributed by atoms with van der Waals surface area (Å²) < 4.78 is 9.81. The second-order valence-electron chi connectivity index (χ2n) is 8.91. The maximum atomic E-state index is 11.3. The molecule has 0 atom stereocenters. The van der Waals surface area contributed by atoms with Crippen molar-refractivity contribution in [3.05, 3.63) is 0 Å². The number of carbonyl (C=O) groups excluding carboxylic acids is 2. The minimum Gasteiger partial charge on any atom is -0.466 e. The Kier molecular flexibility index (Phi) is 32.7. The largest absolute Gasteiger partial charge is 0.466 e. The molecule has 0 amide bonds. The van der Waals surface area contributed by atoms with Crippen LogP contribution in [0.4, 0.5) is 0 Å². The molecule has 0 bridgehead atoms. The van der Waals surface area contributed by atoms with Crippen LogP contribution in [0.5, 0.6) is 0 Å². The molecule has 0 aromatic carbocycles. The van der Waals surface area contributed by atoms with Crippen LogP contribution in [0.2, 0.25) is 0 Å². The average Bonchev–Trinajstić information content (AvgIpc) is 2.81. The van der Waals surface area contributed by atoms with Crippen LogP contribution < -0.4 is 0 Å². The second kappa shape index (κ2) is 31.3. The maximum Gasteiger partial charge on any atom is 0.306 e. The van der Waals surface area contributed by atoms with Crippen LogP contribution in [0.1, 0.15) is 149 Å². The Labute approximate surface area is 211 Å². The van der Waals surface area contributed by atoms with Crippen molar-refractivity contribution in [3.63, 3.8) is 0 Å². The van der Waals surface area contributed by atoms with E-state index in [1.165, 1.54) is 103 Å². The van der Waals surface area contributed by atoms with E-state index >= 15 is 0 Å². The molecular weight excluding hydrogens is 432 g/mol. The molecule has 0 saturated heterocycles. The van der Waals surface area contributed by atoms with Crippen molar-refractivity contribution in [2.45, 2.75) is 149 Å². The van der Waals surface area contributed by atoms with Crippen molar-refractivity contribution >= 4 is 24.6 Å². The summed E-state index contributed by atoms with van der Waals surface area (Å²) >= 11 is 4.20. The summed E-state index contributed by atoms with van der Waals surface area (Å²) in [5.74, 6) is 0.425. The molecule has 0 aliphatic heterocycles. The van der Waals surface area contributed by atoms with Gasteiger partial charge in [0, 0.05) is 0 Å². The van der Waals surface area contributed by atoms with Gasteiger partial charge < -0.3 is 9.47 Å². The molecular formula is C28H56O4S. The van der Waals surface area contributed by atoms with Gasteiger partial charge in [-0.3, -0.25) is 9.59 Å². The first-order valence-electron chi connectivity index (χ1n) is 14.0. The predicted molar refractivity (Wildman–Crippen MR) is 145 cm³/mol. The summed E-state index contributed by atoms with van der Waals surface area (Å²) in [4.78, 5) is 22.4. The van der Waals surface area contributed by atoms with Gasteiger partial charge in [0.25, 0.3) is 0 Å². The smallest absolute Gasteiger partial charge is 0.306 e. The maximum absolute atomic E-state index is 11.3. The van der Waals surface area contributed by atoms with Crippen LogP contribution in [-0.2, 0) is 19.1 Å². The van der Waals surface area contributed by atoms with Gasteiger partial charge in [-0.05, 0) is 25.5 Å². The Balaban J connectivity index is 0. The molecule has 0 rings (SSSR count). The first-order chi connectivity index (χ1) is 16.1. The molecule has 5 heteroatoms. The van der Waals surface area contributed by atoms with Gasteiger partial charge in [0.15, 0.2) is 0 Å². The topological polar surface area (TPSA) is 52.6 Å². The highest BCUT2D eigenvalue weighted by Gasteiger charge is 2.08. The molecule has 198 valence electrons. The zero-order valence-corrected chi connectivity index (χ0v) is 23.2. The first kappa shape index (κ1) is 34.5. The van der Waals surface area contributed by atoms with Gasteiger partial charge in [-0.1, -0.05) is 117 Å². The lowest BCUT2D eigenvalue weighted by Crippen LogP contribution is -2.10. The molecule has 0 N–H and O–H groups in total. The predicted octanol–water partition coefficient (Wildman–Crippen LogP) is 8.85. The minimum atomic E-state index is -0.337. The highest BCUT2D eigenvalue weighted by Crippen LogP contribution is 2.11. The Morgan fingerprint density at radius 1 is 0.515 bits per heavy atom. The van der Waals surface area contributed by atoms with Crippen molar-refractivity contribution in [1.29, 1.82) is 0 Å². The van der Waals surface area contributed by atoms with Gasteiger partial charge in [-0.25, -0.2) is 0 Å². The normalized spacial score (nSPS) is 10.4. The fraction of sp³-hybridized carbons (Fsp3) is 0.929. The Morgan fingerprint density at radius 2 is 0.879 bits per heavy atom. The molecule has 0 aromatic rings. The standard InChI is InChI=1S/C16H30O4.C12H26S/c1-3-5-6-7-8-9-10-11-14-20-16(18)13-12-15(17)19-4-2;1-2-3-4-5-6-7-8-9-10-11-12-13/h3-14H2,1-2H3;13H,2-12H2,1H3. The molecule has 0 fully saturated rings. The summed E-state index contributed by atoms with van der Waals surface area (Å²) in [6, 6.07) is 0. The number of esters is 2. The quantitative estimate of drug-likeness (QED) is 0.0886. The first-order valence-corrected chi connectivity index (χ1v) is 14.7. The monoisotopic (exact) mass is 488 g/mol. The van der Waals surface area contributed by atoms with E-state index in [0.29, 0.717) is 13.2 Å². The van der Waals surface area contributed by atoms with Crippen LogP contribution in [0.15, 0.2) is 0 Å². The fourth-order valence-corrected chi connectivity index (χ4v) is 3.75. The third-order valence-corrected chi connectivity index (χ3v) is 5.93. The molecule has 0 aliphatic rings. The molecule has 0 radical (unpaired) electrons. The van der Waals surface area contributed by atoms with E-state index < -0.39 is 0 Å². The van der Waals surface area contributed by atoms with E-state index in [1.807, 2.05) is 0 Å². The fourth-order valence-electron chi connectivity index (χ4n) is 3.53. The lowest BCUT2D eigenvalue weighted by molar-refractivity contribution is -0.150. The third-order valence-electron chi connectivity index (χ3n) is 5.61. The van der Waals surface area contributed by atoms with Gasteiger partial charge in [0.05, 0.1) is 26.1 Å². The van der Waals surface area contributed by atoms with Gasteiger partial charge in [-0.15, -0.1) is 0 Å². The SMILES string of the molecule is CCCCCCCCCCCCS.CCCCCCCCCCOC(=O)CCC(=O)OCC. The number of hydrogen-bond donors (Lipinski definition) is 1. The lowest BCUT2D eigenvalue weighted by Gasteiger charge is -2.05. The van der Waals surface area contributed by atoms with Crippen LogP contribution in [0.25, 0.3) is 0 Å². The van der Waals surface area contributed by atoms with E-state index in [4.69, 9.17) is 9.47 Å². The second-order valence-corrected chi connectivity index (χ2v) is 9.35. The van der Waals surface area contributed by atoms with E-state index in [2.05, 4.69) is 26.5 Å². The summed E-state index contributed by atoms with van der Waals surface area (Å²) in [5.41, 5.74) is 0. The molecule has 4 nitrogen and oxygen atoms in total. The number of carbonyl (C=O) groups is 2. The molecule has 33 heavy (non-hydrogen) atoms. The molecule has 0 saturated carbocycles. The molecule has 0 aromatic heterocycles. The van der Waals surface area contributed by atoms with Crippen molar-refractivity contribution in [3.8, 4) is 0 Å². The van der Waals surface area contributed by atoms with E-state index in [1.54, 1.807) is 6.92 Å². The zero-order valence-electron chi connectivity index (χ0n) is 22.3. The number of unbranched alkanes of at least 4 members (excludes halogenated alkanes) is 16. The minimum absolute atomic E-state index is 0.115. The molecule has 0 aliphatic carbocycles. The van der Waals surface area contributed by atoms with Crippen molar-refractivity contribution in [2.75, 3.05) is 19.0 Å². The van der Waals surface area contributed by atoms with E-state index in [-0.39, 0.29) is 24.8 Å². The van der Waals surface area contributed by atoms with E-state index in [9.17, 15) is 9.59 Å². The Morgan fingerprint density at radius 3 is 1.27 bits per heavy atom. The zero-order chi connectivity index (χ0) is 24.8. The number of hydrogen-bond acceptors (Lipinski definition) is 5. The Bertz CT molecular complexity index is 391. The molecule has 0 spiro atoms. The van der Waals surface area contributed by atoms with Crippen molar-refractivity contribution in [1.82, 2.24) is 0 Å². The van der Waals surface area contributed by atoms with Crippen LogP contribution in [-0.4, -0.2) is 30.9 Å². The number of thiol groups is 1. The number of ether oxygens (including phenoxy) is 2. The van der Waals surface area contributed by atoms with Crippen LogP contribution in [0, 0.1) is 0 Å². The van der Waals surface area contributed by atoms with Gasteiger partial charge in [0.2, 0.25) is 0 Å². The van der Waals surface area contributed by atoms with Crippen molar-refractivity contribution in [2.24, 2.45) is 0 Å². The highest BCUT2D eigenvalue weighted by molar-refractivity contribution is 7.80. The molecule has 0 heterocycles. The summed E-state index contributed by atoms with van der Waals surface area (Å²) in [7, 11) is 0. The summed E-state index contributed by atoms with van der Waals surface area (Å²) in [6.07, 6.45) is 24.2. The summed E-state index contributed by atoms with van der Waals surface area (Å²) in [6.45, 7) is 7.06. The van der Waals surface area contributed by atoms with Crippen molar-refractivity contribution < 1.29 is 19.1 Å². The highest BCUT2D eigenvalue weighted by atomic mass is 32.1. The number of rotatable bonds is 23. The van der Waals surface area contributed by atoms with Crippen LogP contribution >= 0.6 is 12.6 Å². The summed E-state index contributed by atoms with van der Waals surface area (Å²) in [5, 5.41) is 0.